The summed E-state index contributed by atoms with van der Waals surface area (Å²) in [6, 6.07) is 10.9. The zero-order valence-corrected chi connectivity index (χ0v) is 10.2. The predicted octanol–water partition coefficient (Wildman–Crippen LogP) is 3.79. The lowest BCUT2D eigenvalue weighted by molar-refractivity contribution is 0.616. The maximum Gasteiger partial charge on any atom is 0.0346 e. The topological polar surface area (TPSA) is 12.0 Å². The molecule has 1 heterocycles. The van der Waals surface area contributed by atoms with Crippen molar-refractivity contribution in [2.45, 2.75) is 25.8 Å². The minimum Gasteiger partial charge on any atom is -0.312 e. The summed E-state index contributed by atoms with van der Waals surface area (Å²) in [7, 11) is 0. The van der Waals surface area contributed by atoms with Crippen molar-refractivity contribution in [1.82, 2.24) is 5.32 Å². The number of rotatable bonds is 5. The van der Waals surface area contributed by atoms with Gasteiger partial charge in [-0.3, -0.25) is 0 Å². The largest absolute Gasteiger partial charge is 0.312 e. The Morgan fingerprint density at radius 3 is 2.94 bits per heavy atom. The first-order valence-electron chi connectivity index (χ1n) is 6.10. The van der Waals surface area contributed by atoms with Gasteiger partial charge in [0.15, 0.2) is 0 Å². The lowest BCUT2D eigenvalue weighted by Crippen LogP contribution is -2.14. The van der Waals surface area contributed by atoms with Crippen LogP contribution in [0.3, 0.4) is 0 Å². The molecule has 0 radical (unpaired) electrons. The Hall–Kier alpha value is -0.860. The van der Waals surface area contributed by atoms with Gasteiger partial charge in [-0.15, -0.1) is 11.3 Å². The highest BCUT2D eigenvalue weighted by molar-refractivity contribution is 7.19. The first-order valence-corrected chi connectivity index (χ1v) is 6.91. The van der Waals surface area contributed by atoms with Crippen molar-refractivity contribution in [3.63, 3.8) is 0 Å². The van der Waals surface area contributed by atoms with Gasteiger partial charge in [-0.2, -0.15) is 0 Å². The van der Waals surface area contributed by atoms with E-state index in [1.807, 2.05) is 11.3 Å². The average Bonchev–Trinajstić information content (AvgIpc) is 3.03. The lowest BCUT2D eigenvalue weighted by atomic mass is 10.2. The Bertz CT molecular complexity index is 437. The van der Waals surface area contributed by atoms with Crippen molar-refractivity contribution in [2.75, 3.05) is 6.54 Å². The first-order chi connectivity index (χ1) is 7.92. The Balaban J connectivity index is 1.56. The molecular weight excluding hydrogens is 214 g/mol. The number of benzene rings is 1. The highest BCUT2D eigenvalue weighted by Crippen LogP contribution is 2.31. The van der Waals surface area contributed by atoms with E-state index in [-0.39, 0.29) is 0 Å². The van der Waals surface area contributed by atoms with E-state index in [1.165, 1.54) is 40.8 Å². The fourth-order valence-corrected chi connectivity index (χ4v) is 3.08. The van der Waals surface area contributed by atoms with Crippen LogP contribution in [0.2, 0.25) is 0 Å². The van der Waals surface area contributed by atoms with Crippen LogP contribution in [0.5, 0.6) is 0 Å². The minimum atomic E-state index is 1.03. The van der Waals surface area contributed by atoms with Crippen LogP contribution < -0.4 is 5.32 Å². The molecule has 2 aromatic rings. The number of fused-ring (bicyclic) bond motifs is 1. The van der Waals surface area contributed by atoms with Gasteiger partial charge < -0.3 is 5.32 Å². The second-order valence-corrected chi connectivity index (χ2v) is 5.83. The van der Waals surface area contributed by atoms with Gasteiger partial charge in [-0.05, 0) is 36.4 Å². The maximum absolute atomic E-state index is 3.54. The monoisotopic (exact) mass is 231 g/mol. The SMILES string of the molecule is c1ccc2sc(CNCCC3CC3)cc2c1. The summed E-state index contributed by atoms with van der Waals surface area (Å²) in [5.74, 6) is 1.04. The Morgan fingerprint density at radius 1 is 1.25 bits per heavy atom. The predicted molar refractivity (Wildman–Crippen MR) is 70.9 cm³/mol. The van der Waals surface area contributed by atoms with Crippen LogP contribution in [0, 0.1) is 5.92 Å². The molecule has 2 heteroatoms. The van der Waals surface area contributed by atoms with Crippen LogP contribution in [0.1, 0.15) is 24.1 Å². The molecule has 0 unspecified atom stereocenters. The van der Waals surface area contributed by atoms with E-state index in [2.05, 4.69) is 35.6 Å². The van der Waals surface area contributed by atoms with Crippen molar-refractivity contribution in [1.29, 1.82) is 0 Å². The molecule has 0 spiro atoms. The number of nitrogens with one attached hydrogen (secondary N) is 1. The molecule has 0 bridgehead atoms. The molecule has 84 valence electrons. The molecule has 1 aromatic heterocycles. The summed E-state index contributed by atoms with van der Waals surface area (Å²) >= 11 is 1.91. The van der Waals surface area contributed by atoms with Gasteiger partial charge >= 0.3 is 0 Å². The second kappa shape index (κ2) is 4.56. The van der Waals surface area contributed by atoms with Gasteiger partial charge in [0.1, 0.15) is 0 Å². The lowest BCUT2D eigenvalue weighted by Gasteiger charge is -2.00. The quantitative estimate of drug-likeness (QED) is 0.772. The minimum absolute atomic E-state index is 1.03. The highest BCUT2D eigenvalue weighted by atomic mass is 32.1. The molecule has 1 aliphatic carbocycles. The fraction of sp³-hybridized carbons (Fsp3) is 0.429. The zero-order valence-electron chi connectivity index (χ0n) is 9.41. The first kappa shape index (κ1) is 10.3. The van der Waals surface area contributed by atoms with E-state index in [9.17, 15) is 0 Å². The Kier molecular flexibility index (Phi) is 2.94. The van der Waals surface area contributed by atoms with Crippen molar-refractivity contribution in [3.8, 4) is 0 Å². The van der Waals surface area contributed by atoms with Gasteiger partial charge in [0.25, 0.3) is 0 Å². The molecule has 1 saturated carbocycles. The highest BCUT2D eigenvalue weighted by Gasteiger charge is 2.19. The van der Waals surface area contributed by atoms with Crippen molar-refractivity contribution < 1.29 is 0 Å². The molecule has 3 rings (SSSR count). The summed E-state index contributed by atoms with van der Waals surface area (Å²) in [5, 5.41) is 4.93. The second-order valence-electron chi connectivity index (χ2n) is 4.66. The van der Waals surface area contributed by atoms with Crippen LogP contribution in [0.15, 0.2) is 30.3 Å². The maximum atomic E-state index is 3.54. The molecule has 0 aliphatic heterocycles. The van der Waals surface area contributed by atoms with E-state index < -0.39 is 0 Å². The fourth-order valence-electron chi connectivity index (χ4n) is 2.05. The van der Waals surface area contributed by atoms with E-state index in [0.29, 0.717) is 0 Å². The third-order valence-electron chi connectivity index (χ3n) is 3.20. The van der Waals surface area contributed by atoms with Gasteiger partial charge in [-0.1, -0.05) is 31.0 Å². The molecule has 16 heavy (non-hydrogen) atoms. The van der Waals surface area contributed by atoms with Crippen LogP contribution in [0.25, 0.3) is 10.1 Å². The van der Waals surface area contributed by atoms with E-state index in [1.54, 1.807) is 0 Å². The molecule has 0 saturated heterocycles. The van der Waals surface area contributed by atoms with Crippen molar-refractivity contribution >= 4 is 21.4 Å². The van der Waals surface area contributed by atoms with Crippen LogP contribution in [-0.4, -0.2) is 6.54 Å². The number of hydrogen-bond donors (Lipinski definition) is 1. The van der Waals surface area contributed by atoms with E-state index in [0.717, 1.165) is 12.5 Å². The number of hydrogen-bond acceptors (Lipinski definition) is 2. The average molecular weight is 231 g/mol. The molecule has 0 amide bonds. The van der Waals surface area contributed by atoms with Gasteiger partial charge in [0, 0.05) is 16.1 Å². The normalized spacial score (nSPS) is 15.8. The molecule has 0 atom stereocenters. The van der Waals surface area contributed by atoms with Gasteiger partial charge in [0.05, 0.1) is 0 Å². The summed E-state index contributed by atoms with van der Waals surface area (Å²) in [6.07, 6.45) is 4.29. The molecule has 1 aromatic carbocycles. The zero-order chi connectivity index (χ0) is 10.8. The van der Waals surface area contributed by atoms with E-state index >= 15 is 0 Å². The van der Waals surface area contributed by atoms with Crippen molar-refractivity contribution in [2.24, 2.45) is 5.92 Å². The summed E-state index contributed by atoms with van der Waals surface area (Å²) in [5.41, 5.74) is 0. The van der Waals surface area contributed by atoms with Crippen molar-refractivity contribution in [3.05, 3.63) is 35.2 Å². The van der Waals surface area contributed by atoms with Crippen LogP contribution in [0.4, 0.5) is 0 Å². The number of thiophene rings is 1. The Labute approximate surface area is 100 Å². The molecule has 1 nitrogen and oxygen atoms in total. The molecule has 1 N–H and O–H groups in total. The summed E-state index contributed by atoms with van der Waals surface area (Å²) in [6.45, 7) is 2.21. The smallest absolute Gasteiger partial charge is 0.0346 e. The third-order valence-corrected chi connectivity index (χ3v) is 4.32. The van der Waals surface area contributed by atoms with E-state index in [4.69, 9.17) is 0 Å². The van der Waals surface area contributed by atoms with Gasteiger partial charge in [-0.25, -0.2) is 0 Å². The molecule has 1 aliphatic rings. The third kappa shape index (κ3) is 2.45. The summed E-state index contributed by atoms with van der Waals surface area (Å²) in [4.78, 5) is 1.46. The summed E-state index contributed by atoms with van der Waals surface area (Å²) < 4.78 is 1.40. The molecule has 1 fully saturated rings. The van der Waals surface area contributed by atoms with Crippen LogP contribution in [-0.2, 0) is 6.54 Å². The Morgan fingerprint density at radius 2 is 2.12 bits per heavy atom. The van der Waals surface area contributed by atoms with Gasteiger partial charge in [0.2, 0.25) is 0 Å². The standard InChI is InChI=1S/C14H17NS/c1-2-4-14-12(3-1)9-13(16-14)10-15-8-7-11-5-6-11/h1-4,9,11,15H,5-8,10H2. The van der Waals surface area contributed by atoms with Crippen LogP contribution >= 0.6 is 11.3 Å². The molecular formula is C14H17NS.